The first kappa shape index (κ1) is 16.4. The molecule has 0 fully saturated rings. The number of hydrogen-bond acceptors (Lipinski definition) is 1. The maximum atomic E-state index is 6.48. The van der Waals surface area contributed by atoms with Crippen LogP contribution in [-0.4, -0.2) is 22.0 Å². The van der Waals surface area contributed by atoms with E-state index in [0.717, 1.165) is 0 Å². The Morgan fingerprint density at radius 2 is 1.25 bits per heavy atom. The maximum Gasteiger partial charge on any atom is 0.184 e. The van der Waals surface area contributed by atoms with Crippen molar-refractivity contribution in [2.24, 2.45) is 0 Å². The van der Waals surface area contributed by atoms with Crippen molar-refractivity contribution in [1.29, 1.82) is 0 Å². The van der Waals surface area contributed by atoms with Crippen LogP contribution in [0.3, 0.4) is 0 Å². The Morgan fingerprint density at radius 1 is 0.875 bits per heavy atom. The molecule has 0 aromatic heterocycles. The molecule has 0 aromatic rings. The van der Waals surface area contributed by atoms with E-state index in [1.54, 1.807) is 0 Å². The highest BCUT2D eigenvalue weighted by atomic mass is 28.4. The molecule has 0 aromatic carbocycles. The van der Waals surface area contributed by atoms with Crippen LogP contribution in [0.15, 0.2) is 0 Å². The second-order valence-electron chi connectivity index (χ2n) is 7.66. The molecule has 0 heterocycles. The van der Waals surface area contributed by atoms with Gasteiger partial charge in [-0.25, -0.2) is 0 Å². The molecule has 0 aliphatic carbocycles. The van der Waals surface area contributed by atoms with Crippen molar-refractivity contribution in [2.75, 3.05) is 0 Å². The van der Waals surface area contributed by atoms with Crippen molar-refractivity contribution >= 4 is 16.4 Å². The monoisotopic (exact) mass is 260 g/mol. The van der Waals surface area contributed by atoms with E-state index in [1.807, 2.05) is 0 Å². The summed E-state index contributed by atoms with van der Waals surface area (Å²) in [5, 5.41) is 0.334. The van der Waals surface area contributed by atoms with E-state index in [4.69, 9.17) is 4.43 Å². The zero-order chi connectivity index (χ0) is 13.4. The van der Waals surface area contributed by atoms with Gasteiger partial charge in [0.1, 0.15) is 0 Å². The molecule has 16 heavy (non-hydrogen) atoms. The maximum absolute atomic E-state index is 6.48. The second-order valence-corrected chi connectivity index (χ2v) is 17.7. The van der Waals surface area contributed by atoms with Crippen molar-refractivity contribution in [2.45, 2.75) is 84.0 Å². The quantitative estimate of drug-likeness (QED) is 0.623. The fourth-order valence-electron chi connectivity index (χ4n) is 2.74. The summed E-state index contributed by atoms with van der Waals surface area (Å²) in [6.07, 6.45) is 1.21. The van der Waals surface area contributed by atoms with E-state index in [0.29, 0.717) is 5.04 Å². The minimum atomic E-state index is -1.48. The Bertz CT molecular complexity index is 235. The zero-order valence-corrected chi connectivity index (χ0v) is 15.1. The van der Waals surface area contributed by atoms with Gasteiger partial charge < -0.3 is 4.43 Å². The Morgan fingerprint density at radius 3 is 1.44 bits per heavy atom. The molecule has 0 amide bonds. The number of rotatable bonds is 5. The van der Waals surface area contributed by atoms with E-state index in [9.17, 15) is 0 Å². The van der Waals surface area contributed by atoms with Crippen molar-refractivity contribution in [3.63, 3.8) is 0 Å². The van der Waals surface area contributed by atoms with Crippen LogP contribution in [0.2, 0.25) is 44.3 Å². The van der Waals surface area contributed by atoms with Gasteiger partial charge in [-0.15, -0.1) is 0 Å². The van der Waals surface area contributed by atoms with Crippen molar-refractivity contribution in [3.8, 4) is 0 Å². The van der Waals surface area contributed by atoms with Gasteiger partial charge >= 0.3 is 0 Å². The second kappa shape index (κ2) is 4.58. The molecule has 1 atom stereocenters. The topological polar surface area (TPSA) is 9.23 Å². The van der Waals surface area contributed by atoms with Gasteiger partial charge in [-0.3, -0.25) is 0 Å². The molecule has 1 nitrogen and oxygen atoms in total. The Hall–Kier alpha value is 0.394. The summed E-state index contributed by atoms with van der Waals surface area (Å²) in [4.78, 5) is 0. The van der Waals surface area contributed by atoms with E-state index < -0.39 is 16.4 Å². The highest BCUT2D eigenvalue weighted by Crippen LogP contribution is 2.52. The van der Waals surface area contributed by atoms with Crippen LogP contribution < -0.4 is 0 Å². The summed E-state index contributed by atoms with van der Waals surface area (Å²) >= 11 is 0. The molecule has 0 saturated heterocycles. The lowest BCUT2D eigenvalue weighted by molar-refractivity contribution is 0.0475. The van der Waals surface area contributed by atoms with Crippen molar-refractivity contribution in [1.82, 2.24) is 0 Å². The predicted octanol–water partition coefficient (Wildman–Crippen LogP) is 5.13. The first-order chi connectivity index (χ1) is 6.77. The summed E-state index contributed by atoms with van der Waals surface area (Å²) in [6, 6.07) is 0. The average molecular weight is 261 g/mol. The van der Waals surface area contributed by atoms with Crippen LogP contribution in [0.25, 0.3) is 0 Å². The Kier molecular flexibility index (Phi) is 4.69. The minimum absolute atomic E-state index is 0.00328. The van der Waals surface area contributed by atoms with E-state index in [1.165, 1.54) is 6.42 Å². The largest absolute Gasteiger partial charge is 0.412 e. The average Bonchev–Trinajstić information content (AvgIpc) is 1.95. The molecule has 98 valence electrons. The fourth-order valence-corrected chi connectivity index (χ4v) is 7.51. The first-order valence-corrected chi connectivity index (χ1v) is 13.4. The van der Waals surface area contributed by atoms with Gasteiger partial charge in [0.25, 0.3) is 0 Å². The molecule has 0 rings (SSSR count). The normalized spacial score (nSPS) is 18.4. The van der Waals surface area contributed by atoms with Gasteiger partial charge in [0.2, 0.25) is 0 Å². The molecule has 1 unspecified atom stereocenters. The molecule has 0 N–H and O–H groups in total. The fraction of sp³-hybridized carbons (Fsp3) is 1.00. The van der Waals surface area contributed by atoms with Gasteiger partial charge in [0.05, 0.1) is 13.7 Å². The van der Waals surface area contributed by atoms with Crippen molar-refractivity contribution < 1.29 is 4.43 Å². The smallest absolute Gasteiger partial charge is 0.184 e. The van der Waals surface area contributed by atoms with E-state index in [-0.39, 0.29) is 5.60 Å². The van der Waals surface area contributed by atoms with Crippen LogP contribution in [0, 0.1) is 0 Å². The Balaban J connectivity index is 5.24. The van der Waals surface area contributed by atoms with Crippen LogP contribution in [0.1, 0.15) is 34.1 Å². The molecule has 0 aliphatic heterocycles. The minimum Gasteiger partial charge on any atom is -0.412 e. The summed E-state index contributed by atoms with van der Waals surface area (Å²) in [6.45, 7) is 23.6. The molecule has 0 aliphatic rings. The third-order valence-corrected chi connectivity index (χ3v) is 9.64. The summed E-state index contributed by atoms with van der Waals surface area (Å²) in [7, 11) is -2.72. The van der Waals surface area contributed by atoms with E-state index in [2.05, 4.69) is 67.0 Å². The summed E-state index contributed by atoms with van der Waals surface area (Å²) < 4.78 is 6.48. The molecule has 0 saturated carbocycles. The molecule has 0 radical (unpaired) electrons. The summed E-state index contributed by atoms with van der Waals surface area (Å²) in [5.41, 5.74) is -0.00328. The van der Waals surface area contributed by atoms with Gasteiger partial charge in [0, 0.05) is 0 Å². The molecule has 3 heteroatoms. The lowest BCUT2D eigenvalue weighted by atomic mass is 9.89. The molecular weight excluding hydrogens is 228 g/mol. The standard InChI is InChI=1S/C13H32OSi2/c1-11-13(4,15(5,6)7)12(2,3)14-16(8,9)10/h11H2,1-10H3. The van der Waals surface area contributed by atoms with Crippen molar-refractivity contribution in [3.05, 3.63) is 0 Å². The molecule has 0 spiro atoms. The van der Waals surface area contributed by atoms with Crippen LogP contribution in [0.4, 0.5) is 0 Å². The SMILES string of the molecule is CCC(C)(C(C)(C)O[Si](C)(C)C)[Si](C)(C)C. The molecule has 0 bridgehead atoms. The van der Waals surface area contributed by atoms with Crippen LogP contribution >= 0.6 is 0 Å². The van der Waals surface area contributed by atoms with Gasteiger partial charge in [-0.05, 0) is 38.5 Å². The lowest BCUT2D eigenvalue weighted by Crippen LogP contribution is -2.55. The predicted molar refractivity (Wildman–Crippen MR) is 80.5 cm³/mol. The highest BCUT2D eigenvalue weighted by molar-refractivity contribution is 6.79. The zero-order valence-electron chi connectivity index (χ0n) is 13.1. The van der Waals surface area contributed by atoms with Crippen LogP contribution in [-0.2, 0) is 4.43 Å². The third-order valence-electron chi connectivity index (χ3n) is 4.25. The van der Waals surface area contributed by atoms with Gasteiger partial charge in [0.15, 0.2) is 8.32 Å². The van der Waals surface area contributed by atoms with E-state index >= 15 is 0 Å². The number of hydrogen-bond donors (Lipinski definition) is 0. The lowest BCUT2D eigenvalue weighted by Gasteiger charge is -2.53. The summed E-state index contributed by atoms with van der Waals surface area (Å²) in [5.74, 6) is 0. The van der Waals surface area contributed by atoms with Gasteiger partial charge in [-0.2, -0.15) is 0 Å². The Labute approximate surface area is 105 Å². The van der Waals surface area contributed by atoms with Crippen LogP contribution in [0.5, 0.6) is 0 Å². The molecular formula is C13H32OSi2. The van der Waals surface area contributed by atoms with Gasteiger partial charge in [-0.1, -0.05) is 39.9 Å². The first-order valence-electron chi connectivity index (χ1n) is 6.47. The third kappa shape index (κ3) is 3.44. The highest BCUT2D eigenvalue weighted by Gasteiger charge is 2.50.